The van der Waals surface area contributed by atoms with Gasteiger partial charge in [0.1, 0.15) is 30.2 Å². The van der Waals surface area contributed by atoms with Crippen LogP contribution in [0.3, 0.4) is 0 Å². The van der Waals surface area contributed by atoms with Gasteiger partial charge in [-0.15, -0.1) is 0 Å². The molecule has 0 amide bonds. The summed E-state index contributed by atoms with van der Waals surface area (Å²) in [5, 5.41) is -0.0925. The fourth-order valence-electron chi connectivity index (χ4n) is 3.71. The Hall–Kier alpha value is -0.943. The molecule has 1 saturated carbocycles. The summed E-state index contributed by atoms with van der Waals surface area (Å²) in [7, 11) is -2.26. The molecule has 10 heteroatoms. The number of halogens is 1. The molecule has 5 atom stereocenters. The largest absolute Gasteiger partial charge is 0.408 e. The SMILES string of the molecule is Cc1cn([C@@H]2C[C@@]3(OS)C[C@@H](F)[C@@H](O[Si](C)(C)C(C)(C)C)C3O2)c(=O)[nH]c1=O. The molecule has 1 aromatic rings. The number of thiol groups is 1. The van der Waals surface area contributed by atoms with E-state index in [1.165, 1.54) is 10.8 Å². The van der Waals surface area contributed by atoms with Gasteiger partial charge >= 0.3 is 5.69 Å². The molecule has 28 heavy (non-hydrogen) atoms. The van der Waals surface area contributed by atoms with Crippen LogP contribution >= 0.6 is 12.9 Å². The number of ether oxygens (including phenoxy) is 1. The molecule has 1 aliphatic heterocycles. The standard InChI is InChI=1S/C18H29FN2O5SSi/c1-10-9-21(16(23)20-15(10)22)12-8-18(26-27)7-11(19)13(14(18)24-12)25-28(5,6)17(2,3)4/h9,11-14,27H,7-8H2,1-6H3,(H,20,22,23)/t11-,12+,13-,14?,18+/m1/s1. The molecule has 0 spiro atoms. The molecular formula is C18H29FN2O5SSi. The molecule has 1 aromatic heterocycles. The second-order valence-electron chi connectivity index (χ2n) is 9.41. The van der Waals surface area contributed by atoms with E-state index in [1.54, 1.807) is 6.92 Å². The van der Waals surface area contributed by atoms with Gasteiger partial charge in [-0.2, -0.15) is 0 Å². The van der Waals surface area contributed by atoms with E-state index in [9.17, 15) is 14.0 Å². The summed E-state index contributed by atoms with van der Waals surface area (Å²) in [5.74, 6) is 0. The smallest absolute Gasteiger partial charge is 0.330 e. The zero-order valence-electron chi connectivity index (χ0n) is 17.1. The Bertz CT molecular complexity index is 867. The minimum atomic E-state index is -2.26. The van der Waals surface area contributed by atoms with Crippen LogP contribution in [0.5, 0.6) is 0 Å². The average molecular weight is 433 g/mol. The molecule has 0 bridgehead atoms. The zero-order valence-corrected chi connectivity index (χ0v) is 19.0. The lowest BCUT2D eigenvalue weighted by Crippen LogP contribution is -2.50. The fourth-order valence-corrected chi connectivity index (χ4v) is 5.27. The molecule has 0 radical (unpaired) electrons. The highest BCUT2D eigenvalue weighted by Gasteiger charge is 2.63. The summed E-state index contributed by atoms with van der Waals surface area (Å²) in [6.45, 7) is 12.0. The number of H-pyrrole nitrogens is 1. The van der Waals surface area contributed by atoms with E-state index in [0.29, 0.717) is 5.56 Å². The number of alkyl halides is 1. The first-order valence-corrected chi connectivity index (χ1v) is 12.7. The van der Waals surface area contributed by atoms with E-state index in [1.807, 2.05) is 0 Å². The summed E-state index contributed by atoms with van der Waals surface area (Å²) >= 11 is 4.01. The van der Waals surface area contributed by atoms with E-state index >= 15 is 0 Å². The number of aromatic amines is 1. The van der Waals surface area contributed by atoms with Gasteiger partial charge in [0.05, 0.1) is 0 Å². The minimum absolute atomic E-state index is 0.0774. The van der Waals surface area contributed by atoms with E-state index in [0.717, 1.165) is 0 Å². The third kappa shape index (κ3) is 3.53. The normalized spacial score (nSPS) is 33.3. The predicted molar refractivity (Wildman–Crippen MR) is 109 cm³/mol. The van der Waals surface area contributed by atoms with Crippen molar-refractivity contribution in [1.29, 1.82) is 0 Å². The van der Waals surface area contributed by atoms with Gasteiger partial charge in [0.25, 0.3) is 5.56 Å². The Morgan fingerprint density at radius 1 is 1.36 bits per heavy atom. The number of rotatable bonds is 4. The first kappa shape index (κ1) is 21.8. The van der Waals surface area contributed by atoms with Crippen molar-refractivity contribution in [3.8, 4) is 0 Å². The van der Waals surface area contributed by atoms with Crippen LogP contribution in [0.15, 0.2) is 15.8 Å². The Balaban J connectivity index is 1.93. The summed E-state index contributed by atoms with van der Waals surface area (Å²) in [6, 6.07) is 0. The maximum absolute atomic E-state index is 15.0. The van der Waals surface area contributed by atoms with E-state index in [2.05, 4.69) is 51.8 Å². The molecule has 2 aliphatic rings. The van der Waals surface area contributed by atoms with Crippen molar-refractivity contribution in [2.45, 2.75) is 88.9 Å². The van der Waals surface area contributed by atoms with Crippen LogP contribution < -0.4 is 11.2 Å². The van der Waals surface area contributed by atoms with Gasteiger partial charge in [-0.3, -0.25) is 14.3 Å². The summed E-state index contributed by atoms with van der Waals surface area (Å²) < 4.78 is 34.2. The van der Waals surface area contributed by atoms with Crippen molar-refractivity contribution in [2.75, 3.05) is 0 Å². The number of nitrogens with one attached hydrogen (secondary N) is 1. The van der Waals surface area contributed by atoms with Crippen molar-refractivity contribution < 1.29 is 17.7 Å². The maximum Gasteiger partial charge on any atom is 0.330 e. The molecular weight excluding hydrogens is 403 g/mol. The van der Waals surface area contributed by atoms with E-state index in [4.69, 9.17) is 13.3 Å². The quantitative estimate of drug-likeness (QED) is 0.434. The van der Waals surface area contributed by atoms with Crippen molar-refractivity contribution in [3.05, 3.63) is 32.6 Å². The van der Waals surface area contributed by atoms with Crippen molar-refractivity contribution >= 4 is 21.2 Å². The van der Waals surface area contributed by atoms with Crippen LogP contribution in [0.1, 0.15) is 45.4 Å². The van der Waals surface area contributed by atoms with Crippen molar-refractivity contribution in [2.24, 2.45) is 0 Å². The topological polar surface area (TPSA) is 82.6 Å². The number of nitrogens with zero attached hydrogens (tertiary/aromatic N) is 1. The van der Waals surface area contributed by atoms with Gasteiger partial charge in [0, 0.05) is 24.6 Å². The van der Waals surface area contributed by atoms with E-state index in [-0.39, 0.29) is 17.9 Å². The van der Waals surface area contributed by atoms with Crippen molar-refractivity contribution in [1.82, 2.24) is 9.55 Å². The molecule has 2 fully saturated rings. The molecule has 0 aromatic carbocycles. The Morgan fingerprint density at radius 2 is 2.00 bits per heavy atom. The third-order valence-electron chi connectivity index (χ3n) is 6.41. The van der Waals surface area contributed by atoms with Crippen LogP contribution in [-0.2, 0) is 13.3 Å². The molecule has 3 rings (SSSR count). The van der Waals surface area contributed by atoms with Crippen molar-refractivity contribution in [3.63, 3.8) is 0 Å². The molecule has 1 aliphatic carbocycles. The fraction of sp³-hybridized carbons (Fsp3) is 0.778. The number of hydrogen-bond donors (Lipinski definition) is 2. The van der Waals surface area contributed by atoms with Crippen LogP contribution in [0, 0.1) is 6.92 Å². The molecule has 7 nitrogen and oxygen atoms in total. The second kappa shape index (κ2) is 7.08. The molecule has 1 unspecified atom stereocenters. The lowest BCUT2D eigenvalue weighted by atomic mass is 9.97. The highest BCUT2D eigenvalue weighted by Crippen LogP contribution is 2.52. The van der Waals surface area contributed by atoms with Gasteiger partial charge in [0.2, 0.25) is 0 Å². The highest BCUT2D eigenvalue weighted by atomic mass is 32.1. The number of hydrogen-bond acceptors (Lipinski definition) is 6. The Labute approximate surface area is 170 Å². The van der Waals surface area contributed by atoms with Gasteiger partial charge in [-0.25, -0.2) is 9.18 Å². The van der Waals surface area contributed by atoms with Gasteiger partial charge in [-0.1, -0.05) is 20.8 Å². The zero-order chi connectivity index (χ0) is 21.1. The lowest BCUT2D eigenvalue weighted by Gasteiger charge is -2.40. The lowest BCUT2D eigenvalue weighted by molar-refractivity contribution is -0.0794. The third-order valence-corrected chi connectivity index (χ3v) is 11.2. The molecule has 1 N–H and O–H groups in total. The van der Waals surface area contributed by atoms with Crippen LogP contribution in [-0.4, -0.2) is 41.8 Å². The van der Waals surface area contributed by atoms with Crippen LogP contribution in [0.25, 0.3) is 0 Å². The summed E-state index contributed by atoms with van der Waals surface area (Å²) in [6.07, 6.45) is -1.66. The first-order chi connectivity index (χ1) is 12.8. The predicted octanol–water partition coefficient (Wildman–Crippen LogP) is 2.86. The first-order valence-electron chi connectivity index (χ1n) is 9.43. The van der Waals surface area contributed by atoms with Gasteiger partial charge in [-0.05, 0) is 38.0 Å². The minimum Gasteiger partial charge on any atom is -0.408 e. The van der Waals surface area contributed by atoms with Crippen LogP contribution in [0.2, 0.25) is 18.1 Å². The second-order valence-corrected chi connectivity index (χ2v) is 14.4. The monoisotopic (exact) mass is 432 g/mol. The molecule has 2 heterocycles. The molecule has 1 saturated heterocycles. The number of aromatic nitrogens is 2. The van der Waals surface area contributed by atoms with E-state index < -0.39 is 49.8 Å². The Kier molecular flexibility index (Phi) is 5.50. The summed E-state index contributed by atoms with van der Waals surface area (Å²) in [4.78, 5) is 26.2. The van der Waals surface area contributed by atoms with Crippen LogP contribution in [0.4, 0.5) is 4.39 Å². The van der Waals surface area contributed by atoms with Gasteiger partial charge < -0.3 is 13.3 Å². The average Bonchev–Trinajstić information content (AvgIpc) is 3.04. The number of aryl methyl sites for hydroxylation is 1. The number of fused-ring (bicyclic) bond motifs is 1. The Morgan fingerprint density at radius 3 is 2.57 bits per heavy atom. The highest BCUT2D eigenvalue weighted by molar-refractivity contribution is 7.75. The maximum atomic E-state index is 15.0. The summed E-state index contributed by atoms with van der Waals surface area (Å²) in [5.41, 5.74) is -1.63. The van der Waals surface area contributed by atoms with Gasteiger partial charge in [0.15, 0.2) is 8.32 Å². The molecule has 158 valence electrons.